The first kappa shape index (κ1) is 22.9. The summed E-state index contributed by atoms with van der Waals surface area (Å²) in [7, 11) is 0. The standard InChI is InChI=1S/C27H26N4O3/c1-19(2)20-10-12-22(13-11-20)30-26(32)25(21-7-4-3-5-8-21)31(18-23-9-6-16-34-23)27(33)24-17-28-14-15-29-24/h3-17,19,25H,18H2,1-2H3,(H,30,32)/t25-/m0/s1. The topological polar surface area (TPSA) is 88.3 Å². The van der Waals surface area contributed by atoms with Crippen LogP contribution in [-0.4, -0.2) is 26.7 Å². The van der Waals surface area contributed by atoms with Crippen molar-refractivity contribution in [2.45, 2.75) is 32.4 Å². The molecule has 0 saturated heterocycles. The van der Waals surface area contributed by atoms with Gasteiger partial charge in [-0.05, 0) is 41.3 Å². The Morgan fingerprint density at radius 3 is 2.32 bits per heavy atom. The van der Waals surface area contributed by atoms with Gasteiger partial charge in [-0.3, -0.25) is 14.6 Å². The number of nitrogens with one attached hydrogen (secondary N) is 1. The molecule has 172 valence electrons. The summed E-state index contributed by atoms with van der Waals surface area (Å²) in [4.78, 5) is 36.9. The van der Waals surface area contributed by atoms with Gasteiger partial charge in [-0.1, -0.05) is 56.3 Å². The van der Waals surface area contributed by atoms with E-state index in [1.165, 1.54) is 35.3 Å². The summed E-state index contributed by atoms with van der Waals surface area (Å²) >= 11 is 0. The molecule has 0 aliphatic carbocycles. The zero-order valence-electron chi connectivity index (χ0n) is 19.1. The second kappa shape index (κ2) is 10.6. The maximum absolute atomic E-state index is 13.7. The van der Waals surface area contributed by atoms with Crippen LogP contribution in [0.5, 0.6) is 0 Å². The summed E-state index contributed by atoms with van der Waals surface area (Å²) in [6.45, 7) is 4.31. The van der Waals surface area contributed by atoms with Crippen LogP contribution in [0.3, 0.4) is 0 Å². The molecular formula is C27H26N4O3. The minimum absolute atomic E-state index is 0.0850. The van der Waals surface area contributed by atoms with Crippen molar-refractivity contribution >= 4 is 17.5 Å². The van der Waals surface area contributed by atoms with Gasteiger partial charge in [-0.15, -0.1) is 0 Å². The normalized spacial score (nSPS) is 11.7. The highest BCUT2D eigenvalue weighted by Gasteiger charge is 2.33. The van der Waals surface area contributed by atoms with E-state index in [0.717, 1.165) is 0 Å². The van der Waals surface area contributed by atoms with Gasteiger partial charge in [0.15, 0.2) is 0 Å². The van der Waals surface area contributed by atoms with Gasteiger partial charge in [-0.2, -0.15) is 0 Å². The van der Waals surface area contributed by atoms with Gasteiger partial charge >= 0.3 is 0 Å². The third-order valence-corrected chi connectivity index (χ3v) is 5.47. The zero-order chi connectivity index (χ0) is 23.9. The molecule has 7 heteroatoms. The summed E-state index contributed by atoms with van der Waals surface area (Å²) < 4.78 is 5.51. The fraction of sp³-hybridized carbons (Fsp3) is 0.185. The molecular weight excluding hydrogens is 428 g/mol. The maximum atomic E-state index is 13.7. The lowest BCUT2D eigenvalue weighted by Gasteiger charge is -2.30. The molecule has 2 amide bonds. The molecule has 0 bridgehead atoms. The molecule has 2 heterocycles. The Bertz CT molecular complexity index is 1210. The molecule has 0 unspecified atom stereocenters. The summed E-state index contributed by atoms with van der Waals surface area (Å²) in [5, 5.41) is 2.97. The number of hydrogen-bond acceptors (Lipinski definition) is 5. The number of carbonyl (C=O) groups excluding carboxylic acids is 2. The second-order valence-corrected chi connectivity index (χ2v) is 8.18. The SMILES string of the molecule is CC(C)c1ccc(NC(=O)[C@H](c2ccccc2)N(Cc2ccco2)C(=O)c2cnccn2)cc1. The smallest absolute Gasteiger partial charge is 0.275 e. The fourth-order valence-corrected chi connectivity index (χ4v) is 3.68. The molecule has 0 spiro atoms. The maximum Gasteiger partial charge on any atom is 0.275 e. The number of amides is 2. The molecule has 1 N–H and O–H groups in total. The van der Waals surface area contributed by atoms with Crippen molar-refractivity contribution in [1.29, 1.82) is 0 Å². The minimum atomic E-state index is -0.925. The molecule has 2 aromatic heterocycles. The number of aromatic nitrogens is 2. The zero-order valence-corrected chi connectivity index (χ0v) is 19.1. The van der Waals surface area contributed by atoms with Crippen molar-refractivity contribution in [1.82, 2.24) is 14.9 Å². The third-order valence-electron chi connectivity index (χ3n) is 5.47. The highest BCUT2D eigenvalue weighted by molar-refractivity contribution is 6.00. The molecule has 0 fully saturated rings. The van der Waals surface area contributed by atoms with Gasteiger partial charge in [0.2, 0.25) is 0 Å². The Kier molecular flexibility index (Phi) is 7.13. The Balaban J connectivity index is 1.71. The first-order valence-corrected chi connectivity index (χ1v) is 11.1. The quantitative estimate of drug-likeness (QED) is 0.395. The molecule has 34 heavy (non-hydrogen) atoms. The Morgan fingerprint density at radius 2 is 1.71 bits per heavy atom. The summed E-state index contributed by atoms with van der Waals surface area (Å²) in [6, 6.07) is 19.5. The van der Waals surface area contributed by atoms with Crippen molar-refractivity contribution in [2.24, 2.45) is 0 Å². The molecule has 1 atom stereocenters. The van der Waals surface area contributed by atoms with E-state index in [-0.39, 0.29) is 18.1 Å². The van der Waals surface area contributed by atoms with Gasteiger partial charge in [0.1, 0.15) is 17.5 Å². The van der Waals surface area contributed by atoms with Crippen molar-refractivity contribution in [3.8, 4) is 0 Å². The first-order valence-electron chi connectivity index (χ1n) is 11.1. The summed E-state index contributed by atoms with van der Waals surface area (Å²) in [5.74, 6) is 0.165. The molecule has 7 nitrogen and oxygen atoms in total. The van der Waals surface area contributed by atoms with E-state index in [9.17, 15) is 9.59 Å². The Morgan fingerprint density at radius 1 is 0.941 bits per heavy atom. The number of nitrogens with zero attached hydrogens (tertiary/aromatic N) is 3. The highest BCUT2D eigenvalue weighted by Crippen LogP contribution is 2.27. The Labute approximate surface area is 198 Å². The van der Waals surface area contributed by atoms with E-state index in [4.69, 9.17) is 4.42 Å². The molecule has 2 aromatic carbocycles. The van der Waals surface area contributed by atoms with Crippen LogP contribution in [0.4, 0.5) is 5.69 Å². The summed E-state index contributed by atoms with van der Waals surface area (Å²) in [6.07, 6.45) is 5.87. The molecule has 4 rings (SSSR count). The van der Waals surface area contributed by atoms with Gasteiger partial charge in [0.25, 0.3) is 11.8 Å². The van der Waals surface area contributed by atoms with Crippen LogP contribution < -0.4 is 5.32 Å². The monoisotopic (exact) mass is 454 g/mol. The average Bonchev–Trinajstić information content (AvgIpc) is 3.38. The van der Waals surface area contributed by atoms with Gasteiger partial charge in [0.05, 0.1) is 19.0 Å². The number of furan rings is 1. The van der Waals surface area contributed by atoms with Crippen LogP contribution in [-0.2, 0) is 11.3 Å². The van der Waals surface area contributed by atoms with Crippen molar-refractivity contribution in [2.75, 3.05) is 5.32 Å². The van der Waals surface area contributed by atoms with Crippen molar-refractivity contribution < 1.29 is 14.0 Å². The molecule has 0 aliphatic rings. The lowest BCUT2D eigenvalue weighted by Crippen LogP contribution is -2.41. The lowest BCUT2D eigenvalue weighted by molar-refractivity contribution is -0.121. The number of hydrogen-bond donors (Lipinski definition) is 1. The third kappa shape index (κ3) is 5.38. The molecule has 4 aromatic rings. The van der Waals surface area contributed by atoms with Crippen LogP contribution in [0, 0.1) is 0 Å². The van der Waals surface area contributed by atoms with Crippen LogP contribution >= 0.6 is 0 Å². The van der Waals surface area contributed by atoms with E-state index in [1.54, 1.807) is 12.1 Å². The predicted octanol–water partition coefficient (Wildman–Crippen LogP) is 5.22. The number of rotatable bonds is 8. The van der Waals surface area contributed by atoms with Gasteiger partial charge in [-0.25, -0.2) is 4.98 Å². The van der Waals surface area contributed by atoms with Crippen LogP contribution in [0.1, 0.15) is 53.2 Å². The van der Waals surface area contributed by atoms with E-state index < -0.39 is 11.9 Å². The summed E-state index contributed by atoms with van der Waals surface area (Å²) in [5.41, 5.74) is 2.64. The first-order chi connectivity index (χ1) is 16.5. The Hall–Kier alpha value is -4.26. The minimum Gasteiger partial charge on any atom is -0.467 e. The van der Waals surface area contributed by atoms with E-state index in [1.807, 2.05) is 54.6 Å². The lowest BCUT2D eigenvalue weighted by atomic mass is 10.0. The predicted molar refractivity (Wildman–Crippen MR) is 129 cm³/mol. The molecule has 0 aliphatic heterocycles. The fourth-order valence-electron chi connectivity index (χ4n) is 3.68. The number of carbonyl (C=O) groups is 2. The van der Waals surface area contributed by atoms with Crippen LogP contribution in [0.15, 0.2) is 96.0 Å². The number of anilines is 1. The van der Waals surface area contributed by atoms with E-state index in [2.05, 4.69) is 29.1 Å². The average molecular weight is 455 g/mol. The van der Waals surface area contributed by atoms with Crippen LogP contribution in [0.25, 0.3) is 0 Å². The van der Waals surface area contributed by atoms with Gasteiger partial charge < -0.3 is 14.6 Å². The van der Waals surface area contributed by atoms with E-state index >= 15 is 0 Å². The van der Waals surface area contributed by atoms with Crippen molar-refractivity contribution in [3.05, 3.63) is 114 Å². The van der Waals surface area contributed by atoms with Crippen molar-refractivity contribution in [3.63, 3.8) is 0 Å². The largest absolute Gasteiger partial charge is 0.467 e. The number of benzene rings is 2. The molecule has 0 saturated carbocycles. The highest BCUT2D eigenvalue weighted by atomic mass is 16.3. The van der Waals surface area contributed by atoms with Crippen LogP contribution in [0.2, 0.25) is 0 Å². The second-order valence-electron chi connectivity index (χ2n) is 8.18. The van der Waals surface area contributed by atoms with Gasteiger partial charge in [0, 0.05) is 18.1 Å². The van der Waals surface area contributed by atoms with E-state index in [0.29, 0.717) is 22.9 Å². The molecule has 0 radical (unpaired) electrons.